The van der Waals surface area contributed by atoms with Gasteiger partial charge in [-0.2, -0.15) is 0 Å². The molecule has 7 nitrogen and oxygen atoms in total. The molecule has 1 fully saturated rings. The van der Waals surface area contributed by atoms with Crippen LogP contribution in [0.3, 0.4) is 0 Å². The van der Waals surface area contributed by atoms with Crippen molar-refractivity contribution in [2.24, 2.45) is 0 Å². The standard InChI is InChI=1S/C14H17FN4O3/c1-2-3-4-8-11-13(17-6-16-8)19(7-18-11)14-10(15)12(21)9(5-20)22-14/h2,6-7,9-10,12,14,20-21H,1,3-5H2/t9?,10-,12?,14?/m1/s1. The molecule has 2 aromatic rings. The van der Waals surface area contributed by atoms with Crippen molar-refractivity contribution in [2.45, 2.75) is 37.4 Å². The molecular weight excluding hydrogens is 291 g/mol. The second-order valence-corrected chi connectivity index (χ2v) is 5.15. The number of ether oxygens (including phenoxy) is 1. The molecule has 0 amide bonds. The zero-order valence-electron chi connectivity index (χ0n) is 11.8. The highest BCUT2D eigenvalue weighted by molar-refractivity contribution is 5.73. The Bertz CT molecular complexity index is 677. The summed E-state index contributed by atoms with van der Waals surface area (Å²) in [5, 5.41) is 18.8. The Labute approximate surface area is 126 Å². The summed E-state index contributed by atoms with van der Waals surface area (Å²) in [6.07, 6.45) is 0.920. The Morgan fingerprint density at radius 3 is 2.91 bits per heavy atom. The lowest BCUT2D eigenvalue weighted by Gasteiger charge is -2.15. The first-order valence-electron chi connectivity index (χ1n) is 7.03. The third kappa shape index (κ3) is 2.39. The summed E-state index contributed by atoms with van der Waals surface area (Å²) >= 11 is 0. The van der Waals surface area contributed by atoms with Gasteiger partial charge in [-0.1, -0.05) is 6.08 Å². The average molecular weight is 308 g/mol. The van der Waals surface area contributed by atoms with Crippen LogP contribution in [0, 0.1) is 0 Å². The van der Waals surface area contributed by atoms with Crippen LogP contribution in [-0.4, -0.2) is 54.7 Å². The minimum atomic E-state index is -1.67. The van der Waals surface area contributed by atoms with Crippen molar-refractivity contribution < 1.29 is 19.3 Å². The number of aliphatic hydroxyl groups excluding tert-OH is 2. The van der Waals surface area contributed by atoms with Crippen molar-refractivity contribution in [3.63, 3.8) is 0 Å². The van der Waals surface area contributed by atoms with E-state index in [9.17, 15) is 9.50 Å². The van der Waals surface area contributed by atoms with Crippen molar-refractivity contribution >= 4 is 11.2 Å². The maximum Gasteiger partial charge on any atom is 0.173 e. The molecule has 4 atom stereocenters. The van der Waals surface area contributed by atoms with Gasteiger partial charge in [-0.3, -0.25) is 4.57 Å². The fourth-order valence-corrected chi connectivity index (χ4v) is 2.59. The highest BCUT2D eigenvalue weighted by Crippen LogP contribution is 2.33. The molecule has 3 unspecified atom stereocenters. The summed E-state index contributed by atoms with van der Waals surface area (Å²) in [6, 6.07) is 0. The maximum atomic E-state index is 14.2. The van der Waals surface area contributed by atoms with Gasteiger partial charge in [0.1, 0.15) is 24.1 Å². The molecule has 1 aliphatic rings. The number of alkyl halides is 1. The fourth-order valence-electron chi connectivity index (χ4n) is 2.59. The zero-order chi connectivity index (χ0) is 15.7. The summed E-state index contributed by atoms with van der Waals surface area (Å²) in [4.78, 5) is 12.6. The number of fused-ring (bicyclic) bond motifs is 1. The summed E-state index contributed by atoms with van der Waals surface area (Å²) in [5.74, 6) is 0. The van der Waals surface area contributed by atoms with Gasteiger partial charge in [-0.25, -0.2) is 19.3 Å². The van der Waals surface area contributed by atoms with E-state index in [1.54, 1.807) is 6.08 Å². The molecule has 1 saturated heterocycles. The molecule has 0 aromatic carbocycles. The van der Waals surface area contributed by atoms with Crippen LogP contribution in [0.25, 0.3) is 11.2 Å². The number of nitrogens with zero attached hydrogens (tertiary/aromatic N) is 4. The number of aromatic nitrogens is 4. The molecule has 0 bridgehead atoms. The van der Waals surface area contributed by atoms with E-state index >= 15 is 0 Å². The van der Waals surface area contributed by atoms with Crippen molar-refractivity contribution in [1.29, 1.82) is 0 Å². The average Bonchev–Trinajstić information content (AvgIpc) is 3.08. The Morgan fingerprint density at radius 2 is 2.23 bits per heavy atom. The topological polar surface area (TPSA) is 93.3 Å². The quantitative estimate of drug-likeness (QED) is 0.783. The van der Waals surface area contributed by atoms with Crippen molar-refractivity contribution in [1.82, 2.24) is 19.5 Å². The first-order valence-corrected chi connectivity index (χ1v) is 7.03. The van der Waals surface area contributed by atoms with Crippen LogP contribution >= 0.6 is 0 Å². The van der Waals surface area contributed by atoms with E-state index in [-0.39, 0.29) is 0 Å². The molecule has 0 spiro atoms. The van der Waals surface area contributed by atoms with E-state index in [4.69, 9.17) is 9.84 Å². The maximum absolute atomic E-state index is 14.2. The molecule has 22 heavy (non-hydrogen) atoms. The second kappa shape index (κ2) is 6.07. The number of halogens is 1. The third-order valence-electron chi connectivity index (χ3n) is 3.77. The number of allylic oxidation sites excluding steroid dienone is 1. The van der Waals surface area contributed by atoms with Crippen molar-refractivity contribution in [3.8, 4) is 0 Å². The predicted octanol–water partition coefficient (Wildman–Crippen LogP) is 0.534. The summed E-state index contributed by atoms with van der Waals surface area (Å²) in [5.41, 5.74) is 1.76. The summed E-state index contributed by atoms with van der Waals surface area (Å²) in [7, 11) is 0. The highest BCUT2D eigenvalue weighted by Gasteiger charge is 2.45. The van der Waals surface area contributed by atoms with Crippen LogP contribution in [0.15, 0.2) is 25.3 Å². The number of rotatable bonds is 5. The normalized spacial score (nSPS) is 28.3. The van der Waals surface area contributed by atoms with Gasteiger partial charge in [-0.05, 0) is 12.8 Å². The van der Waals surface area contributed by atoms with Gasteiger partial charge in [0.25, 0.3) is 0 Å². The molecule has 118 valence electrons. The smallest absolute Gasteiger partial charge is 0.173 e. The fraction of sp³-hybridized carbons (Fsp3) is 0.500. The van der Waals surface area contributed by atoms with Gasteiger partial charge in [0.2, 0.25) is 0 Å². The van der Waals surface area contributed by atoms with E-state index in [1.165, 1.54) is 17.2 Å². The van der Waals surface area contributed by atoms with Crippen LogP contribution in [0.1, 0.15) is 18.3 Å². The molecule has 3 rings (SSSR count). The molecular formula is C14H17FN4O3. The summed E-state index contributed by atoms with van der Waals surface area (Å²) in [6.45, 7) is 3.22. The van der Waals surface area contributed by atoms with Crippen molar-refractivity contribution in [3.05, 3.63) is 31.0 Å². The number of aryl methyl sites for hydroxylation is 1. The molecule has 2 aromatic heterocycles. The minimum absolute atomic E-state index is 0.438. The Kier molecular flexibility index (Phi) is 4.14. The summed E-state index contributed by atoms with van der Waals surface area (Å²) < 4.78 is 21.0. The van der Waals surface area contributed by atoms with E-state index in [2.05, 4.69) is 21.5 Å². The van der Waals surface area contributed by atoms with Crippen LogP contribution < -0.4 is 0 Å². The van der Waals surface area contributed by atoms with Gasteiger partial charge in [0.15, 0.2) is 18.0 Å². The lowest BCUT2D eigenvalue weighted by Crippen LogP contribution is -2.30. The monoisotopic (exact) mass is 308 g/mol. The van der Waals surface area contributed by atoms with E-state index in [0.29, 0.717) is 17.6 Å². The Morgan fingerprint density at radius 1 is 1.41 bits per heavy atom. The van der Waals surface area contributed by atoms with Gasteiger partial charge < -0.3 is 14.9 Å². The van der Waals surface area contributed by atoms with Gasteiger partial charge in [0, 0.05) is 0 Å². The SMILES string of the molecule is C=CCCc1ncnc2c1ncn2C1OC(CO)C(O)[C@H]1F. The molecule has 0 aliphatic carbocycles. The van der Waals surface area contributed by atoms with Crippen LogP contribution in [0.4, 0.5) is 4.39 Å². The molecule has 3 heterocycles. The lowest BCUT2D eigenvalue weighted by atomic mass is 10.1. The number of hydrogen-bond acceptors (Lipinski definition) is 6. The van der Waals surface area contributed by atoms with Crippen LogP contribution in [0.5, 0.6) is 0 Å². The third-order valence-corrected chi connectivity index (χ3v) is 3.77. The Balaban J connectivity index is 1.97. The zero-order valence-corrected chi connectivity index (χ0v) is 11.8. The van der Waals surface area contributed by atoms with Gasteiger partial charge >= 0.3 is 0 Å². The predicted molar refractivity (Wildman–Crippen MR) is 75.7 cm³/mol. The largest absolute Gasteiger partial charge is 0.394 e. The molecule has 0 saturated carbocycles. The second-order valence-electron chi connectivity index (χ2n) is 5.15. The lowest BCUT2D eigenvalue weighted by molar-refractivity contribution is -0.0459. The first kappa shape index (κ1) is 15.0. The number of hydrogen-bond donors (Lipinski definition) is 2. The van der Waals surface area contributed by atoms with Crippen molar-refractivity contribution in [2.75, 3.05) is 6.61 Å². The molecule has 0 radical (unpaired) electrons. The van der Waals surface area contributed by atoms with E-state index in [0.717, 1.165) is 12.1 Å². The molecule has 8 heteroatoms. The van der Waals surface area contributed by atoms with E-state index in [1.807, 2.05) is 0 Å². The van der Waals surface area contributed by atoms with Crippen LogP contribution in [0.2, 0.25) is 0 Å². The van der Waals surface area contributed by atoms with Gasteiger partial charge in [0.05, 0.1) is 18.6 Å². The van der Waals surface area contributed by atoms with E-state index < -0.39 is 31.2 Å². The molecule has 2 N–H and O–H groups in total. The van der Waals surface area contributed by atoms with Crippen LogP contribution in [-0.2, 0) is 11.2 Å². The Hall–Kier alpha value is -1.90. The number of imidazole rings is 1. The minimum Gasteiger partial charge on any atom is -0.394 e. The van der Waals surface area contributed by atoms with Gasteiger partial charge in [-0.15, -0.1) is 6.58 Å². The molecule has 1 aliphatic heterocycles. The highest BCUT2D eigenvalue weighted by atomic mass is 19.1. The first-order chi connectivity index (χ1) is 10.7. The number of aliphatic hydroxyl groups is 2.